The summed E-state index contributed by atoms with van der Waals surface area (Å²) in [6.45, 7) is 5.84. The number of aryl methyl sites for hydroxylation is 1. The van der Waals surface area contributed by atoms with Gasteiger partial charge in [-0.3, -0.25) is 0 Å². The normalized spacial score (nSPS) is 11.2. The lowest BCUT2D eigenvalue weighted by Crippen LogP contribution is -2.06. The molecule has 0 atom stereocenters. The molecule has 0 aliphatic heterocycles. The van der Waals surface area contributed by atoms with Gasteiger partial charge in [-0.1, -0.05) is 72.7 Å². The summed E-state index contributed by atoms with van der Waals surface area (Å²) in [6, 6.07) is 10.8. The molecule has 0 aliphatic rings. The first kappa shape index (κ1) is 28.0. The number of rotatable bonds is 5. The Hall–Kier alpha value is -2.62. The molecule has 0 spiro atoms. The zero-order valence-corrected chi connectivity index (χ0v) is 22.2. The maximum absolute atomic E-state index is 13.6. The van der Waals surface area contributed by atoms with Crippen LogP contribution < -0.4 is 0 Å². The Morgan fingerprint density at radius 3 is 2.33 bits per heavy atom. The second-order valence-corrected chi connectivity index (χ2v) is 11.3. The number of thiazole rings is 1. The molecule has 0 saturated heterocycles. The zero-order chi connectivity index (χ0) is 26.6. The summed E-state index contributed by atoms with van der Waals surface area (Å²) in [4.78, 5) is 21.0. The van der Waals surface area contributed by atoms with Crippen LogP contribution in [-0.2, 0) is 15.8 Å². The van der Waals surface area contributed by atoms with E-state index in [1.165, 1.54) is 28.2 Å². The number of carbonyl (C=O) groups excluding carboxylic acids is 2. The highest BCUT2D eigenvalue weighted by molar-refractivity contribution is 8.01. The van der Waals surface area contributed by atoms with Crippen molar-refractivity contribution in [3.05, 3.63) is 70.0 Å². The van der Waals surface area contributed by atoms with Crippen molar-refractivity contribution >= 4 is 52.5 Å². The monoisotopic (exact) mass is 571 g/mol. The van der Waals surface area contributed by atoms with E-state index in [0.29, 0.717) is 31.7 Å². The minimum atomic E-state index is -4.46. The first-order valence-electron chi connectivity index (χ1n) is 10.3. The van der Waals surface area contributed by atoms with Gasteiger partial charge in [0.25, 0.3) is 0 Å². The molecule has 0 N–H and O–H groups in total. The summed E-state index contributed by atoms with van der Waals surface area (Å²) in [5.41, 5.74) is 1.83. The van der Waals surface area contributed by atoms with E-state index < -0.39 is 11.7 Å². The number of hydrogen-bond donors (Lipinski definition) is 0. The predicted molar refractivity (Wildman–Crippen MR) is 136 cm³/mol. The molecule has 0 unspecified atom stereocenters. The van der Waals surface area contributed by atoms with Gasteiger partial charge in [0.2, 0.25) is 5.13 Å². The number of benzene rings is 2. The first-order valence-corrected chi connectivity index (χ1v) is 12.8. The fourth-order valence-corrected chi connectivity index (χ4v) is 6.05. The van der Waals surface area contributed by atoms with Gasteiger partial charge < -0.3 is 0 Å². The van der Waals surface area contributed by atoms with Gasteiger partial charge in [0.05, 0.1) is 31.2 Å². The average molecular weight is 572 g/mol. The SMILES string of the molecule is Cc1nn(-c2nc(-c3ccc(Cl)c(Cl)c3)c(SC(C)C)s2)cc1-c1ccccc1C(F)(F)F.O=C=O. The number of aromatic nitrogens is 3. The van der Waals surface area contributed by atoms with Crippen LogP contribution in [0.5, 0.6) is 0 Å². The van der Waals surface area contributed by atoms with Crippen LogP contribution in [0.15, 0.2) is 52.9 Å². The smallest absolute Gasteiger partial charge is 0.217 e. The molecule has 4 aromatic rings. The van der Waals surface area contributed by atoms with Crippen LogP contribution in [0, 0.1) is 6.92 Å². The topological polar surface area (TPSA) is 64.8 Å². The van der Waals surface area contributed by atoms with E-state index in [-0.39, 0.29) is 11.7 Å². The summed E-state index contributed by atoms with van der Waals surface area (Å²) < 4.78 is 43.2. The van der Waals surface area contributed by atoms with Crippen molar-refractivity contribution in [1.82, 2.24) is 14.8 Å². The van der Waals surface area contributed by atoms with Gasteiger partial charge in [-0.05, 0) is 30.7 Å². The van der Waals surface area contributed by atoms with Crippen LogP contribution in [0.1, 0.15) is 25.1 Å². The molecular formula is C24H18Cl2F3N3O2S2. The van der Waals surface area contributed by atoms with E-state index in [9.17, 15) is 13.2 Å². The lowest BCUT2D eigenvalue weighted by atomic mass is 10.0. The van der Waals surface area contributed by atoms with Crippen molar-refractivity contribution < 1.29 is 22.8 Å². The van der Waals surface area contributed by atoms with Gasteiger partial charge in [-0.15, -0.1) is 11.8 Å². The highest BCUT2D eigenvalue weighted by Crippen LogP contribution is 2.42. The van der Waals surface area contributed by atoms with Crippen LogP contribution >= 0.6 is 46.3 Å². The van der Waals surface area contributed by atoms with E-state index >= 15 is 0 Å². The Morgan fingerprint density at radius 2 is 1.72 bits per heavy atom. The Morgan fingerprint density at radius 1 is 1.06 bits per heavy atom. The molecule has 4 rings (SSSR count). The van der Waals surface area contributed by atoms with Crippen molar-refractivity contribution in [2.45, 2.75) is 36.4 Å². The first-order chi connectivity index (χ1) is 17.0. The van der Waals surface area contributed by atoms with Crippen molar-refractivity contribution in [2.24, 2.45) is 0 Å². The van der Waals surface area contributed by atoms with Gasteiger partial charge in [0.1, 0.15) is 0 Å². The van der Waals surface area contributed by atoms with E-state index in [1.54, 1.807) is 43.1 Å². The summed E-state index contributed by atoms with van der Waals surface area (Å²) >= 11 is 15.4. The van der Waals surface area contributed by atoms with Crippen molar-refractivity contribution in [3.63, 3.8) is 0 Å². The Kier molecular flexibility index (Phi) is 9.03. The second kappa shape index (κ2) is 11.6. The second-order valence-electron chi connectivity index (χ2n) is 7.63. The molecule has 0 fully saturated rings. The number of alkyl halides is 3. The molecule has 188 valence electrons. The summed E-state index contributed by atoms with van der Waals surface area (Å²) in [7, 11) is 0. The molecule has 36 heavy (non-hydrogen) atoms. The average Bonchev–Trinajstić information content (AvgIpc) is 3.39. The lowest BCUT2D eigenvalue weighted by molar-refractivity contribution is -0.191. The lowest BCUT2D eigenvalue weighted by Gasteiger charge is -2.11. The highest BCUT2D eigenvalue weighted by atomic mass is 35.5. The predicted octanol–water partition coefficient (Wildman–Crippen LogP) is 8.21. The molecule has 2 heterocycles. The summed E-state index contributed by atoms with van der Waals surface area (Å²) in [6.07, 6.45) is -2.62. The third kappa shape index (κ3) is 6.38. The standard InChI is InChI=1S/C23H18Cl2F3N3S2.CO2/c1-12(2)32-21-20(14-8-9-18(24)19(25)10-14)29-22(33-21)31-11-16(13(3)30-31)15-6-4-5-7-17(15)23(26,27)28;2-1-3/h4-12H,1-3H3;. The fourth-order valence-electron chi connectivity index (χ4n) is 3.30. The van der Waals surface area contributed by atoms with Gasteiger partial charge in [-0.25, -0.2) is 9.67 Å². The van der Waals surface area contributed by atoms with E-state index in [4.69, 9.17) is 37.8 Å². The Bertz CT molecular complexity index is 1410. The quantitative estimate of drug-likeness (QED) is 0.226. The maximum Gasteiger partial charge on any atom is 0.417 e. The van der Waals surface area contributed by atoms with Gasteiger partial charge in [0.15, 0.2) is 0 Å². The molecule has 0 saturated carbocycles. The van der Waals surface area contributed by atoms with Gasteiger partial charge >= 0.3 is 12.3 Å². The number of halogens is 5. The van der Waals surface area contributed by atoms with Crippen molar-refractivity contribution in [1.29, 1.82) is 0 Å². The summed E-state index contributed by atoms with van der Waals surface area (Å²) in [5, 5.41) is 6.20. The van der Waals surface area contributed by atoms with E-state index in [0.717, 1.165) is 21.5 Å². The highest BCUT2D eigenvalue weighted by Gasteiger charge is 2.34. The molecular weight excluding hydrogens is 554 g/mol. The number of hydrogen-bond acceptors (Lipinski definition) is 6. The molecule has 0 bridgehead atoms. The Balaban J connectivity index is 0.00000115. The molecule has 2 aromatic heterocycles. The molecule has 0 radical (unpaired) electrons. The number of thioether (sulfide) groups is 1. The third-order valence-electron chi connectivity index (χ3n) is 4.74. The number of nitrogens with zero attached hydrogens (tertiary/aromatic N) is 3. The maximum atomic E-state index is 13.6. The van der Waals surface area contributed by atoms with Crippen LogP contribution in [0.3, 0.4) is 0 Å². The molecule has 5 nitrogen and oxygen atoms in total. The Labute approximate surface area is 223 Å². The van der Waals surface area contributed by atoms with Crippen LogP contribution in [0.25, 0.3) is 27.5 Å². The molecule has 12 heteroatoms. The molecule has 0 amide bonds. The minimum Gasteiger partial charge on any atom is -0.217 e. The zero-order valence-electron chi connectivity index (χ0n) is 19.1. The van der Waals surface area contributed by atoms with Crippen molar-refractivity contribution in [2.75, 3.05) is 0 Å². The van der Waals surface area contributed by atoms with E-state index in [2.05, 4.69) is 18.9 Å². The van der Waals surface area contributed by atoms with Crippen LogP contribution in [0.4, 0.5) is 13.2 Å². The largest absolute Gasteiger partial charge is 0.417 e. The third-order valence-corrected chi connectivity index (χ3v) is 7.73. The van der Waals surface area contributed by atoms with Crippen LogP contribution in [0.2, 0.25) is 10.0 Å². The summed E-state index contributed by atoms with van der Waals surface area (Å²) in [5.74, 6) is 0. The molecule has 0 aliphatic carbocycles. The fraction of sp³-hybridized carbons (Fsp3) is 0.208. The van der Waals surface area contributed by atoms with Crippen molar-refractivity contribution in [3.8, 4) is 27.5 Å². The minimum absolute atomic E-state index is 0.0896. The van der Waals surface area contributed by atoms with E-state index in [1.807, 2.05) is 6.07 Å². The van der Waals surface area contributed by atoms with Crippen LogP contribution in [-0.4, -0.2) is 26.2 Å². The van der Waals surface area contributed by atoms with Gasteiger partial charge in [-0.2, -0.15) is 27.9 Å². The molecule has 2 aromatic carbocycles. The van der Waals surface area contributed by atoms with Gasteiger partial charge in [0, 0.05) is 22.6 Å².